The maximum absolute atomic E-state index is 4.20. The zero-order chi connectivity index (χ0) is 12.1. The molecule has 4 heteroatoms. The molecular weight excluding hydrogens is 212 g/mol. The topological polar surface area (TPSA) is 41.0 Å². The molecule has 1 fully saturated rings. The first-order chi connectivity index (χ1) is 8.33. The first-order valence-corrected chi connectivity index (χ1v) is 6.57. The summed E-state index contributed by atoms with van der Waals surface area (Å²) in [5.41, 5.74) is 2.35. The second-order valence-corrected chi connectivity index (χ2v) is 4.73. The van der Waals surface area contributed by atoms with Crippen molar-refractivity contribution in [2.75, 3.05) is 25.0 Å². The minimum atomic E-state index is 0.613. The van der Waals surface area contributed by atoms with Crippen molar-refractivity contribution in [3.63, 3.8) is 0 Å². The maximum atomic E-state index is 4.20. The molecule has 0 radical (unpaired) electrons. The lowest BCUT2D eigenvalue weighted by Crippen LogP contribution is -2.29. The highest BCUT2D eigenvalue weighted by atomic mass is 15.2. The van der Waals surface area contributed by atoms with Crippen molar-refractivity contribution in [1.29, 1.82) is 0 Å². The van der Waals surface area contributed by atoms with Crippen molar-refractivity contribution in [3.8, 4) is 0 Å². The Kier molecular flexibility index (Phi) is 4.31. The summed E-state index contributed by atoms with van der Waals surface area (Å²) in [6.45, 7) is 4.40. The van der Waals surface area contributed by atoms with E-state index in [2.05, 4.69) is 33.4 Å². The van der Waals surface area contributed by atoms with Crippen LogP contribution >= 0.6 is 0 Å². The SMILES string of the molecule is CCCCc1cc(N2CC[C@@H](NC)C2)cnn1. The fourth-order valence-electron chi connectivity index (χ4n) is 2.28. The molecule has 1 atom stereocenters. The molecule has 4 nitrogen and oxygen atoms in total. The van der Waals surface area contributed by atoms with E-state index in [1.165, 1.54) is 24.9 Å². The second kappa shape index (κ2) is 5.96. The van der Waals surface area contributed by atoms with Gasteiger partial charge in [-0.05, 0) is 32.4 Å². The monoisotopic (exact) mass is 234 g/mol. The summed E-state index contributed by atoms with van der Waals surface area (Å²) in [5, 5.41) is 11.7. The zero-order valence-corrected chi connectivity index (χ0v) is 10.8. The number of rotatable bonds is 5. The van der Waals surface area contributed by atoms with Crippen molar-refractivity contribution in [1.82, 2.24) is 15.5 Å². The first kappa shape index (κ1) is 12.3. The van der Waals surface area contributed by atoms with Gasteiger partial charge in [-0.15, -0.1) is 0 Å². The molecular formula is C13H22N4. The van der Waals surface area contributed by atoms with E-state index >= 15 is 0 Å². The molecule has 2 rings (SSSR count). The van der Waals surface area contributed by atoms with E-state index < -0.39 is 0 Å². The Morgan fingerprint density at radius 2 is 2.41 bits per heavy atom. The van der Waals surface area contributed by atoms with E-state index in [4.69, 9.17) is 0 Å². The predicted octanol–water partition coefficient (Wildman–Crippen LogP) is 1.62. The molecule has 2 heterocycles. The van der Waals surface area contributed by atoms with E-state index in [0.29, 0.717) is 6.04 Å². The van der Waals surface area contributed by atoms with Gasteiger partial charge in [0.2, 0.25) is 0 Å². The third-order valence-corrected chi connectivity index (χ3v) is 3.44. The van der Waals surface area contributed by atoms with Crippen LogP contribution in [0.5, 0.6) is 0 Å². The van der Waals surface area contributed by atoms with E-state index in [-0.39, 0.29) is 0 Å². The molecule has 1 N–H and O–H groups in total. The largest absolute Gasteiger partial charge is 0.369 e. The Hall–Kier alpha value is -1.16. The summed E-state index contributed by atoms with van der Waals surface area (Å²) in [5.74, 6) is 0. The van der Waals surface area contributed by atoms with Gasteiger partial charge in [-0.25, -0.2) is 0 Å². The second-order valence-electron chi connectivity index (χ2n) is 4.73. The van der Waals surface area contributed by atoms with Crippen molar-refractivity contribution in [2.45, 2.75) is 38.6 Å². The fraction of sp³-hybridized carbons (Fsp3) is 0.692. The van der Waals surface area contributed by atoms with Gasteiger partial charge in [-0.3, -0.25) is 0 Å². The number of anilines is 1. The van der Waals surface area contributed by atoms with Crippen LogP contribution in [0.1, 0.15) is 31.9 Å². The molecule has 0 saturated carbocycles. The summed E-state index contributed by atoms with van der Waals surface area (Å²) in [6.07, 6.45) is 6.53. The van der Waals surface area contributed by atoms with Gasteiger partial charge in [-0.1, -0.05) is 13.3 Å². The summed E-state index contributed by atoms with van der Waals surface area (Å²) in [4.78, 5) is 2.39. The zero-order valence-electron chi connectivity index (χ0n) is 10.8. The minimum Gasteiger partial charge on any atom is -0.369 e. The highest BCUT2D eigenvalue weighted by Gasteiger charge is 2.21. The molecule has 0 unspecified atom stereocenters. The van der Waals surface area contributed by atoms with Crippen LogP contribution in [0.2, 0.25) is 0 Å². The Balaban J connectivity index is 2.01. The van der Waals surface area contributed by atoms with E-state index in [0.717, 1.165) is 25.2 Å². The Labute approximate surface area is 103 Å². The average Bonchev–Trinajstić information content (AvgIpc) is 2.85. The van der Waals surface area contributed by atoms with Crippen LogP contribution in [0.15, 0.2) is 12.3 Å². The molecule has 17 heavy (non-hydrogen) atoms. The van der Waals surface area contributed by atoms with Crippen LogP contribution in [0, 0.1) is 0 Å². The van der Waals surface area contributed by atoms with Crippen LogP contribution < -0.4 is 10.2 Å². The van der Waals surface area contributed by atoms with Crippen LogP contribution in [-0.4, -0.2) is 36.4 Å². The van der Waals surface area contributed by atoms with E-state index in [1.807, 2.05) is 13.2 Å². The molecule has 0 spiro atoms. The van der Waals surface area contributed by atoms with E-state index in [9.17, 15) is 0 Å². The molecule has 0 aromatic carbocycles. The van der Waals surface area contributed by atoms with Crippen molar-refractivity contribution in [3.05, 3.63) is 18.0 Å². The van der Waals surface area contributed by atoms with Crippen LogP contribution in [0.25, 0.3) is 0 Å². The normalized spacial score (nSPS) is 19.9. The first-order valence-electron chi connectivity index (χ1n) is 6.57. The Bertz CT molecular complexity index is 353. The molecule has 1 aromatic heterocycles. The number of likely N-dealkylation sites (N-methyl/N-ethyl adjacent to an activating group) is 1. The molecule has 1 saturated heterocycles. The van der Waals surface area contributed by atoms with Crippen molar-refractivity contribution < 1.29 is 0 Å². The number of nitrogens with one attached hydrogen (secondary N) is 1. The van der Waals surface area contributed by atoms with Gasteiger partial charge in [0, 0.05) is 19.1 Å². The smallest absolute Gasteiger partial charge is 0.0730 e. The number of aryl methyl sites for hydroxylation is 1. The highest BCUT2D eigenvalue weighted by Crippen LogP contribution is 2.20. The standard InChI is InChI=1S/C13H22N4/c1-3-4-5-11-8-13(9-15-16-11)17-7-6-12(10-17)14-2/h8-9,12,14H,3-7,10H2,1-2H3/t12-/m1/s1. The molecule has 0 aliphatic carbocycles. The highest BCUT2D eigenvalue weighted by molar-refractivity contribution is 5.46. The number of nitrogens with zero attached hydrogens (tertiary/aromatic N) is 3. The summed E-state index contributed by atoms with van der Waals surface area (Å²) in [7, 11) is 2.03. The Morgan fingerprint density at radius 3 is 3.12 bits per heavy atom. The van der Waals surface area contributed by atoms with Crippen LogP contribution in [0.3, 0.4) is 0 Å². The van der Waals surface area contributed by atoms with Crippen molar-refractivity contribution >= 4 is 5.69 Å². The third-order valence-electron chi connectivity index (χ3n) is 3.44. The quantitative estimate of drug-likeness (QED) is 0.840. The predicted molar refractivity (Wildman–Crippen MR) is 70.3 cm³/mol. The lowest BCUT2D eigenvalue weighted by molar-refractivity contribution is 0.617. The van der Waals surface area contributed by atoms with Crippen LogP contribution in [0.4, 0.5) is 5.69 Å². The fourth-order valence-corrected chi connectivity index (χ4v) is 2.28. The lowest BCUT2D eigenvalue weighted by Gasteiger charge is -2.18. The lowest BCUT2D eigenvalue weighted by atomic mass is 10.2. The van der Waals surface area contributed by atoms with Gasteiger partial charge in [0.25, 0.3) is 0 Å². The van der Waals surface area contributed by atoms with E-state index in [1.54, 1.807) is 0 Å². The van der Waals surface area contributed by atoms with Gasteiger partial charge < -0.3 is 10.2 Å². The third kappa shape index (κ3) is 3.16. The number of unbranched alkanes of at least 4 members (excludes halogenated alkanes) is 1. The number of hydrogen-bond donors (Lipinski definition) is 1. The van der Waals surface area contributed by atoms with Gasteiger partial charge >= 0.3 is 0 Å². The number of aromatic nitrogens is 2. The molecule has 1 aliphatic heterocycles. The summed E-state index contributed by atoms with van der Waals surface area (Å²) in [6, 6.07) is 2.81. The molecule has 94 valence electrons. The molecule has 0 bridgehead atoms. The number of hydrogen-bond acceptors (Lipinski definition) is 4. The van der Waals surface area contributed by atoms with Gasteiger partial charge in [-0.2, -0.15) is 10.2 Å². The average molecular weight is 234 g/mol. The Morgan fingerprint density at radius 1 is 1.53 bits per heavy atom. The van der Waals surface area contributed by atoms with Gasteiger partial charge in [0.1, 0.15) is 0 Å². The maximum Gasteiger partial charge on any atom is 0.0730 e. The molecule has 0 amide bonds. The summed E-state index contributed by atoms with van der Waals surface area (Å²) < 4.78 is 0. The van der Waals surface area contributed by atoms with Gasteiger partial charge in [0.15, 0.2) is 0 Å². The molecule has 1 aliphatic rings. The molecule has 1 aromatic rings. The van der Waals surface area contributed by atoms with Gasteiger partial charge in [0.05, 0.1) is 17.6 Å². The van der Waals surface area contributed by atoms with Crippen molar-refractivity contribution in [2.24, 2.45) is 0 Å². The minimum absolute atomic E-state index is 0.613. The van der Waals surface area contributed by atoms with Crippen LogP contribution in [-0.2, 0) is 6.42 Å². The summed E-state index contributed by atoms with van der Waals surface area (Å²) >= 11 is 0.